The molecule has 2 amide bonds. The molecule has 36 heavy (non-hydrogen) atoms. The molecule has 1 fully saturated rings. The molecule has 0 aromatic heterocycles. The Hall–Kier alpha value is -2.57. The van der Waals surface area contributed by atoms with E-state index >= 15 is 0 Å². The second-order valence-electron chi connectivity index (χ2n) is 8.73. The lowest BCUT2D eigenvalue weighted by Gasteiger charge is -2.35. The molecule has 0 aliphatic heterocycles. The molecule has 196 valence electrons. The predicted molar refractivity (Wildman–Crippen MR) is 131 cm³/mol. The van der Waals surface area contributed by atoms with Crippen molar-refractivity contribution in [2.75, 3.05) is 18.6 Å². The van der Waals surface area contributed by atoms with Gasteiger partial charge in [0.15, 0.2) is 9.84 Å². The van der Waals surface area contributed by atoms with Gasteiger partial charge in [-0.25, -0.2) is 8.42 Å². The third kappa shape index (κ3) is 7.47. The highest BCUT2D eigenvalue weighted by molar-refractivity contribution is 7.98. The number of thioether (sulfide) groups is 1. The number of nitrogens with two attached hydrogens (primary N) is 1. The minimum absolute atomic E-state index is 0.192. The van der Waals surface area contributed by atoms with Gasteiger partial charge in [-0.2, -0.15) is 13.2 Å². The molecule has 0 bridgehead atoms. The van der Waals surface area contributed by atoms with Crippen LogP contribution in [0.1, 0.15) is 35.2 Å². The number of halogens is 3. The first kappa shape index (κ1) is 28.0. The van der Waals surface area contributed by atoms with Crippen LogP contribution in [0.25, 0.3) is 0 Å². The predicted octanol–water partition coefficient (Wildman–Crippen LogP) is 3.24. The summed E-state index contributed by atoms with van der Waals surface area (Å²) in [5.41, 5.74) is 4.88. The average Bonchev–Trinajstić information content (AvgIpc) is 2.83. The van der Waals surface area contributed by atoms with E-state index in [1.165, 1.54) is 17.8 Å². The Morgan fingerprint density at radius 1 is 1.11 bits per heavy atom. The maximum absolute atomic E-state index is 13.0. The van der Waals surface area contributed by atoms with Crippen molar-refractivity contribution in [1.82, 2.24) is 10.6 Å². The van der Waals surface area contributed by atoms with Gasteiger partial charge >= 0.3 is 6.18 Å². The van der Waals surface area contributed by atoms with Gasteiger partial charge in [-0.3, -0.25) is 9.59 Å². The second kappa shape index (κ2) is 11.7. The Morgan fingerprint density at radius 3 is 2.44 bits per heavy atom. The lowest BCUT2D eigenvalue weighted by Crippen LogP contribution is -2.50. The van der Waals surface area contributed by atoms with Crippen LogP contribution in [0, 0.1) is 5.92 Å². The van der Waals surface area contributed by atoms with Crippen LogP contribution >= 0.6 is 11.8 Å². The standard InChI is InChI=1S/C24H28F3N3O4S2/c1-35-19-6-8-20(9-7-19)36(33,34)14-16-12-18(28)5-10-21(16)30-22(31)13-29-23(32)15-3-2-4-17(11-15)24(25,26)27/h2-4,6-9,11,16,18,21H,5,10,12-14,28H2,1H3,(H,29,32)(H,30,31)/t16-,18+,21-/m0/s1. The summed E-state index contributed by atoms with van der Waals surface area (Å²) in [6, 6.07) is 9.81. The van der Waals surface area contributed by atoms with Gasteiger partial charge in [-0.15, -0.1) is 11.8 Å². The van der Waals surface area contributed by atoms with Gasteiger partial charge in [0.2, 0.25) is 5.91 Å². The fourth-order valence-electron chi connectivity index (χ4n) is 4.19. The normalized spacial score (nSPS) is 20.5. The van der Waals surface area contributed by atoms with E-state index < -0.39 is 51.9 Å². The van der Waals surface area contributed by atoms with Crippen LogP contribution in [-0.4, -0.2) is 50.9 Å². The van der Waals surface area contributed by atoms with Crippen LogP contribution < -0.4 is 16.4 Å². The van der Waals surface area contributed by atoms with Gasteiger partial charge in [0, 0.05) is 22.5 Å². The Bertz CT molecular complexity index is 1190. The summed E-state index contributed by atoms with van der Waals surface area (Å²) < 4.78 is 64.7. The number of rotatable bonds is 8. The number of hydrogen-bond donors (Lipinski definition) is 3. The molecule has 12 heteroatoms. The summed E-state index contributed by atoms with van der Waals surface area (Å²) in [6.45, 7) is -0.465. The highest BCUT2D eigenvalue weighted by Crippen LogP contribution is 2.30. The molecule has 2 aromatic rings. The third-order valence-electron chi connectivity index (χ3n) is 6.08. The van der Waals surface area contributed by atoms with Crippen molar-refractivity contribution in [3.8, 4) is 0 Å². The van der Waals surface area contributed by atoms with Crippen LogP contribution in [-0.2, 0) is 20.8 Å². The number of carbonyl (C=O) groups is 2. The highest BCUT2D eigenvalue weighted by Gasteiger charge is 2.34. The minimum Gasteiger partial charge on any atom is -0.352 e. The zero-order valence-corrected chi connectivity index (χ0v) is 21.2. The molecule has 0 heterocycles. The van der Waals surface area contributed by atoms with Crippen LogP contribution in [0.3, 0.4) is 0 Å². The Labute approximate surface area is 212 Å². The monoisotopic (exact) mass is 543 g/mol. The Balaban J connectivity index is 1.62. The van der Waals surface area contributed by atoms with Crippen molar-refractivity contribution in [3.63, 3.8) is 0 Å². The molecular formula is C24H28F3N3O4S2. The molecule has 3 atom stereocenters. The quantitative estimate of drug-likeness (QED) is 0.440. The highest BCUT2D eigenvalue weighted by atomic mass is 32.2. The van der Waals surface area contributed by atoms with E-state index in [1.807, 2.05) is 6.26 Å². The van der Waals surface area contributed by atoms with Gasteiger partial charge in [0.25, 0.3) is 5.91 Å². The summed E-state index contributed by atoms with van der Waals surface area (Å²) in [7, 11) is -3.63. The van der Waals surface area contributed by atoms with Crippen LogP contribution in [0.5, 0.6) is 0 Å². The van der Waals surface area contributed by atoms with E-state index in [0.29, 0.717) is 25.3 Å². The average molecular weight is 544 g/mol. The molecule has 1 saturated carbocycles. The van der Waals surface area contributed by atoms with E-state index in [1.54, 1.807) is 24.3 Å². The summed E-state index contributed by atoms with van der Waals surface area (Å²) in [5.74, 6) is -2.01. The van der Waals surface area contributed by atoms with Crippen LogP contribution in [0.2, 0.25) is 0 Å². The maximum atomic E-state index is 13.0. The lowest BCUT2D eigenvalue weighted by atomic mass is 9.83. The van der Waals surface area contributed by atoms with Crippen molar-refractivity contribution in [2.45, 2.75) is 47.3 Å². The van der Waals surface area contributed by atoms with Gasteiger partial charge < -0.3 is 16.4 Å². The lowest BCUT2D eigenvalue weighted by molar-refractivity contribution is -0.137. The fourth-order valence-corrected chi connectivity index (χ4v) is 6.28. The van der Waals surface area contributed by atoms with Crippen molar-refractivity contribution < 1.29 is 31.2 Å². The van der Waals surface area contributed by atoms with Crippen molar-refractivity contribution in [2.24, 2.45) is 11.7 Å². The molecule has 4 N–H and O–H groups in total. The van der Waals surface area contributed by atoms with Crippen LogP contribution in [0.15, 0.2) is 58.3 Å². The third-order valence-corrected chi connectivity index (χ3v) is 8.68. The zero-order valence-electron chi connectivity index (χ0n) is 19.5. The summed E-state index contributed by atoms with van der Waals surface area (Å²) >= 11 is 1.50. The van der Waals surface area contributed by atoms with E-state index in [0.717, 1.165) is 17.0 Å². The first-order valence-corrected chi connectivity index (χ1v) is 14.1. The number of alkyl halides is 3. The molecule has 0 radical (unpaired) electrons. The molecule has 0 unspecified atom stereocenters. The van der Waals surface area contributed by atoms with E-state index in [9.17, 15) is 31.2 Å². The topological polar surface area (TPSA) is 118 Å². The number of nitrogens with one attached hydrogen (secondary N) is 2. The number of benzene rings is 2. The minimum atomic E-state index is -4.60. The second-order valence-corrected chi connectivity index (χ2v) is 11.6. The number of hydrogen-bond acceptors (Lipinski definition) is 6. The summed E-state index contributed by atoms with van der Waals surface area (Å²) in [6.07, 6.45) is -1.23. The van der Waals surface area contributed by atoms with Crippen LogP contribution in [0.4, 0.5) is 13.2 Å². The first-order chi connectivity index (χ1) is 16.9. The molecule has 1 aliphatic carbocycles. The molecule has 1 aliphatic rings. The zero-order chi connectivity index (χ0) is 26.5. The number of carbonyl (C=O) groups excluding carboxylic acids is 2. The van der Waals surface area contributed by atoms with Crippen molar-refractivity contribution >= 4 is 33.4 Å². The Morgan fingerprint density at radius 2 is 1.81 bits per heavy atom. The van der Waals surface area contributed by atoms with E-state index in [4.69, 9.17) is 5.73 Å². The van der Waals surface area contributed by atoms with Gasteiger partial charge in [0.1, 0.15) is 0 Å². The molecule has 7 nitrogen and oxygen atoms in total. The largest absolute Gasteiger partial charge is 0.416 e. The molecule has 0 spiro atoms. The maximum Gasteiger partial charge on any atom is 0.416 e. The molecular weight excluding hydrogens is 515 g/mol. The van der Waals surface area contributed by atoms with Crippen molar-refractivity contribution in [1.29, 1.82) is 0 Å². The smallest absolute Gasteiger partial charge is 0.352 e. The SMILES string of the molecule is CSc1ccc(S(=O)(=O)C[C@@H]2C[C@H](N)CC[C@@H]2NC(=O)CNC(=O)c2cccc(C(F)(F)F)c2)cc1. The summed E-state index contributed by atoms with van der Waals surface area (Å²) in [5, 5.41) is 5.08. The molecule has 0 saturated heterocycles. The number of sulfone groups is 1. The summed E-state index contributed by atoms with van der Waals surface area (Å²) in [4.78, 5) is 25.9. The van der Waals surface area contributed by atoms with Crippen molar-refractivity contribution in [3.05, 3.63) is 59.7 Å². The fraction of sp³-hybridized carbons (Fsp3) is 0.417. The van der Waals surface area contributed by atoms with Gasteiger partial charge in [-0.1, -0.05) is 6.07 Å². The first-order valence-electron chi connectivity index (χ1n) is 11.3. The van der Waals surface area contributed by atoms with Gasteiger partial charge in [0.05, 0.1) is 22.8 Å². The Kier molecular flexibility index (Phi) is 9.07. The van der Waals surface area contributed by atoms with E-state index in [-0.39, 0.29) is 22.3 Å². The number of amides is 2. The van der Waals surface area contributed by atoms with Gasteiger partial charge in [-0.05, 0) is 73.9 Å². The molecule has 3 rings (SSSR count). The molecule has 2 aromatic carbocycles. The van der Waals surface area contributed by atoms with E-state index in [2.05, 4.69) is 10.6 Å².